The summed E-state index contributed by atoms with van der Waals surface area (Å²) >= 11 is 0. The number of hydrogen-bond acceptors (Lipinski definition) is 5. The molecule has 2 heterocycles. The minimum absolute atomic E-state index is 0.223. The van der Waals surface area contributed by atoms with Crippen molar-refractivity contribution in [1.29, 1.82) is 0 Å². The van der Waals surface area contributed by atoms with E-state index in [2.05, 4.69) is 38.7 Å². The average molecular weight is 447 g/mol. The predicted octanol–water partition coefficient (Wildman–Crippen LogP) is 4.17. The standard InChI is InChI=1S/C25H30N6O2/c1-4-29(5-2)16-17-31-22-12-8-7-11-20(22)26-25(31)27-24(32)21-14-15-30(28-21)18-33-23-13-9-6-10-19(23)3/h6-15H,4-5,16-18H2,1-3H3,(H,26,27,32). The van der Waals surface area contributed by atoms with Gasteiger partial charge in [-0.2, -0.15) is 5.10 Å². The second kappa shape index (κ2) is 10.3. The molecule has 0 saturated carbocycles. The van der Waals surface area contributed by atoms with Crippen molar-refractivity contribution in [2.24, 2.45) is 0 Å². The highest BCUT2D eigenvalue weighted by molar-refractivity contribution is 6.02. The number of amides is 1. The number of carbonyl (C=O) groups excluding carboxylic acids is 1. The molecule has 33 heavy (non-hydrogen) atoms. The van der Waals surface area contributed by atoms with Crippen LogP contribution in [0.3, 0.4) is 0 Å². The van der Waals surface area contributed by atoms with Crippen LogP contribution >= 0.6 is 0 Å². The number of fused-ring (bicyclic) bond motifs is 1. The Morgan fingerprint density at radius 2 is 1.82 bits per heavy atom. The molecule has 0 aliphatic rings. The lowest BCUT2D eigenvalue weighted by Gasteiger charge is -2.19. The Balaban J connectivity index is 1.47. The Hall–Kier alpha value is -3.65. The minimum atomic E-state index is -0.302. The van der Waals surface area contributed by atoms with Crippen LogP contribution in [0, 0.1) is 6.92 Å². The highest BCUT2D eigenvalue weighted by Gasteiger charge is 2.17. The number of anilines is 1. The van der Waals surface area contributed by atoms with Gasteiger partial charge < -0.3 is 14.2 Å². The van der Waals surface area contributed by atoms with Gasteiger partial charge in [-0.05, 0) is 49.8 Å². The summed E-state index contributed by atoms with van der Waals surface area (Å²) < 4.78 is 9.48. The normalized spacial score (nSPS) is 11.3. The Labute approximate surface area is 193 Å². The van der Waals surface area contributed by atoms with Crippen LogP contribution in [0.5, 0.6) is 5.75 Å². The van der Waals surface area contributed by atoms with Crippen LogP contribution in [0.15, 0.2) is 60.8 Å². The maximum atomic E-state index is 12.9. The summed E-state index contributed by atoms with van der Waals surface area (Å²) in [6, 6.07) is 17.4. The van der Waals surface area contributed by atoms with Crippen LogP contribution in [-0.4, -0.2) is 49.8 Å². The number of para-hydroxylation sites is 3. The van der Waals surface area contributed by atoms with Gasteiger partial charge in [0.25, 0.3) is 5.91 Å². The van der Waals surface area contributed by atoms with Gasteiger partial charge in [-0.1, -0.05) is 44.2 Å². The second-order valence-corrected chi connectivity index (χ2v) is 7.84. The zero-order chi connectivity index (χ0) is 23.2. The molecule has 172 valence electrons. The van der Waals surface area contributed by atoms with Crippen molar-refractivity contribution in [3.8, 4) is 5.75 Å². The smallest absolute Gasteiger partial charge is 0.278 e. The highest BCUT2D eigenvalue weighted by Crippen LogP contribution is 2.20. The molecule has 2 aromatic carbocycles. The molecule has 4 rings (SSSR count). The van der Waals surface area contributed by atoms with E-state index < -0.39 is 0 Å². The molecule has 0 unspecified atom stereocenters. The Bertz CT molecular complexity index is 1220. The molecule has 0 saturated heterocycles. The van der Waals surface area contributed by atoms with Gasteiger partial charge in [-0.25, -0.2) is 9.67 Å². The fourth-order valence-corrected chi connectivity index (χ4v) is 3.75. The van der Waals surface area contributed by atoms with E-state index in [1.165, 1.54) is 0 Å². The van der Waals surface area contributed by atoms with E-state index in [0.717, 1.165) is 48.5 Å². The first-order chi connectivity index (χ1) is 16.1. The third-order valence-electron chi connectivity index (χ3n) is 5.73. The number of nitrogens with zero attached hydrogens (tertiary/aromatic N) is 5. The number of carbonyl (C=O) groups is 1. The van der Waals surface area contributed by atoms with Gasteiger partial charge in [-0.15, -0.1) is 0 Å². The molecule has 0 spiro atoms. The van der Waals surface area contributed by atoms with Crippen molar-refractivity contribution in [3.05, 3.63) is 72.1 Å². The molecule has 8 heteroatoms. The number of ether oxygens (including phenoxy) is 1. The molecule has 0 fully saturated rings. The van der Waals surface area contributed by atoms with Crippen molar-refractivity contribution < 1.29 is 9.53 Å². The number of hydrogen-bond donors (Lipinski definition) is 1. The quantitative estimate of drug-likeness (QED) is 0.396. The number of aromatic nitrogens is 4. The van der Waals surface area contributed by atoms with Gasteiger partial charge >= 0.3 is 0 Å². The molecule has 1 amide bonds. The Morgan fingerprint density at radius 3 is 2.61 bits per heavy atom. The summed E-state index contributed by atoms with van der Waals surface area (Å²) in [6.07, 6.45) is 1.73. The SMILES string of the molecule is CCN(CC)CCn1c(NC(=O)c2ccn(COc3ccccc3C)n2)nc2ccccc21. The van der Waals surface area contributed by atoms with E-state index in [4.69, 9.17) is 4.74 Å². The van der Waals surface area contributed by atoms with Crippen LogP contribution in [0.25, 0.3) is 11.0 Å². The largest absolute Gasteiger partial charge is 0.471 e. The van der Waals surface area contributed by atoms with Gasteiger partial charge in [0, 0.05) is 19.3 Å². The zero-order valence-corrected chi connectivity index (χ0v) is 19.4. The Morgan fingerprint density at radius 1 is 1.06 bits per heavy atom. The van der Waals surface area contributed by atoms with Gasteiger partial charge in [0.1, 0.15) is 5.75 Å². The molecule has 8 nitrogen and oxygen atoms in total. The van der Waals surface area contributed by atoms with Crippen LogP contribution in [0.4, 0.5) is 5.95 Å². The first-order valence-corrected chi connectivity index (χ1v) is 11.3. The minimum Gasteiger partial charge on any atom is -0.471 e. The van der Waals surface area contributed by atoms with Crippen molar-refractivity contribution in [3.63, 3.8) is 0 Å². The van der Waals surface area contributed by atoms with Gasteiger partial charge in [0.05, 0.1) is 11.0 Å². The molecule has 1 N–H and O–H groups in total. The van der Waals surface area contributed by atoms with Crippen LogP contribution in [0.1, 0.15) is 29.9 Å². The first kappa shape index (κ1) is 22.5. The third kappa shape index (κ3) is 5.23. The Kier molecular flexibility index (Phi) is 7.04. The van der Waals surface area contributed by atoms with Gasteiger partial charge in [0.15, 0.2) is 12.4 Å². The topological polar surface area (TPSA) is 77.2 Å². The van der Waals surface area contributed by atoms with Crippen LogP contribution < -0.4 is 10.1 Å². The predicted molar refractivity (Wildman–Crippen MR) is 130 cm³/mol. The third-order valence-corrected chi connectivity index (χ3v) is 5.73. The molecular formula is C25H30N6O2. The lowest BCUT2D eigenvalue weighted by molar-refractivity contribution is 0.101. The number of imidazole rings is 1. The van der Waals surface area contributed by atoms with E-state index in [9.17, 15) is 4.79 Å². The summed E-state index contributed by atoms with van der Waals surface area (Å²) in [5, 5.41) is 7.32. The summed E-state index contributed by atoms with van der Waals surface area (Å²) in [5.74, 6) is 1.02. The summed E-state index contributed by atoms with van der Waals surface area (Å²) in [6.45, 7) is 10.1. The lowest BCUT2D eigenvalue weighted by Crippen LogP contribution is -2.27. The maximum absolute atomic E-state index is 12.9. The highest BCUT2D eigenvalue weighted by atomic mass is 16.5. The number of likely N-dealkylation sites (N-methyl/N-ethyl adjacent to an activating group) is 1. The van der Waals surface area contributed by atoms with E-state index in [-0.39, 0.29) is 12.6 Å². The molecule has 0 atom stereocenters. The van der Waals surface area contributed by atoms with Crippen molar-refractivity contribution in [2.75, 3.05) is 25.0 Å². The number of aryl methyl sites for hydroxylation is 1. The van der Waals surface area contributed by atoms with Crippen molar-refractivity contribution in [2.45, 2.75) is 34.0 Å². The molecule has 0 radical (unpaired) electrons. The molecule has 0 aliphatic heterocycles. The van der Waals surface area contributed by atoms with Gasteiger partial charge in [0.2, 0.25) is 5.95 Å². The first-order valence-electron chi connectivity index (χ1n) is 11.3. The average Bonchev–Trinajstić information content (AvgIpc) is 3.44. The van der Waals surface area contributed by atoms with E-state index >= 15 is 0 Å². The second-order valence-electron chi connectivity index (χ2n) is 7.84. The number of rotatable bonds is 10. The van der Waals surface area contributed by atoms with Crippen LogP contribution in [-0.2, 0) is 13.3 Å². The summed E-state index contributed by atoms with van der Waals surface area (Å²) in [5.41, 5.74) is 3.21. The van der Waals surface area contributed by atoms with E-state index in [1.54, 1.807) is 16.9 Å². The van der Waals surface area contributed by atoms with Gasteiger partial charge in [-0.3, -0.25) is 10.1 Å². The van der Waals surface area contributed by atoms with Crippen molar-refractivity contribution in [1.82, 2.24) is 24.2 Å². The fourth-order valence-electron chi connectivity index (χ4n) is 3.75. The number of nitrogens with one attached hydrogen (secondary N) is 1. The summed E-state index contributed by atoms with van der Waals surface area (Å²) in [7, 11) is 0. The monoisotopic (exact) mass is 446 g/mol. The molecule has 4 aromatic rings. The lowest BCUT2D eigenvalue weighted by atomic mass is 10.2. The van der Waals surface area contributed by atoms with Crippen molar-refractivity contribution >= 4 is 22.9 Å². The van der Waals surface area contributed by atoms with Crippen LogP contribution in [0.2, 0.25) is 0 Å². The van der Waals surface area contributed by atoms with E-state index in [1.807, 2.05) is 55.5 Å². The van der Waals surface area contributed by atoms with E-state index in [0.29, 0.717) is 11.6 Å². The zero-order valence-electron chi connectivity index (χ0n) is 19.4. The number of benzene rings is 2. The molecular weight excluding hydrogens is 416 g/mol. The molecule has 2 aromatic heterocycles. The fraction of sp³-hybridized carbons (Fsp3) is 0.320. The maximum Gasteiger partial charge on any atom is 0.278 e. The molecule has 0 aliphatic carbocycles. The summed E-state index contributed by atoms with van der Waals surface area (Å²) in [4.78, 5) is 19.9. The molecule has 0 bridgehead atoms.